The van der Waals surface area contributed by atoms with Crippen LogP contribution in [0.15, 0.2) is 46.2 Å². The van der Waals surface area contributed by atoms with Crippen molar-refractivity contribution in [2.45, 2.75) is 9.79 Å². The summed E-state index contributed by atoms with van der Waals surface area (Å²) in [5, 5.41) is 0. The molecule has 2 N–H and O–H groups in total. The highest BCUT2D eigenvalue weighted by Gasteiger charge is 2.07. The topological polar surface area (TPSA) is 35.2 Å². The number of halogens is 2. The first-order valence-electron chi connectivity index (χ1n) is 5.16. The highest BCUT2D eigenvalue weighted by molar-refractivity contribution is 7.99. The van der Waals surface area contributed by atoms with Crippen molar-refractivity contribution in [3.63, 3.8) is 0 Å². The van der Waals surface area contributed by atoms with Crippen LogP contribution < -0.4 is 10.5 Å². The minimum Gasteiger partial charge on any atom is -0.497 e. The average molecular weight is 267 g/mol. The lowest BCUT2D eigenvalue weighted by atomic mass is 10.3. The molecule has 0 fully saturated rings. The van der Waals surface area contributed by atoms with Crippen LogP contribution in [0.1, 0.15) is 0 Å². The van der Waals surface area contributed by atoms with Crippen molar-refractivity contribution >= 4 is 17.4 Å². The van der Waals surface area contributed by atoms with Crippen molar-refractivity contribution in [2.24, 2.45) is 0 Å². The predicted molar refractivity (Wildman–Crippen MR) is 67.9 cm³/mol. The number of anilines is 1. The number of ether oxygens (including phenoxy) is 1. The molecule has 0 radical (unpaired) electrons. The standard InChI is InChI=1S/C13H11F2NOS/c1-17-10-5-9(16)6-11(7-10)18-13-4-8(14)2-3-12(13)15/h2-7H,16H2,1H3. The molecule has 0 heterocycles. The first kappa shape index (κ1) is 12.7. The second-order valence-electron chi connectivity index (χ2n) is 3.62. The average Bonchev–Trinajstić information content (AvgIpc) is 2.33. The van der Waals surface area contributed by atoms with E-state index in [4.69, 9.17) is 10.5 Å². The lowest BCUT2D eigenvalue weighted by Gasteiger charge is -2.07. The van der Waals surface area contributed by atoms with Crippen LogP contribution in [0.3, 0.4) is 0 Å². The summed E-state index contributed by atoms with van der Waals surface area (Å²) in [5.74, 6) is -0.369. The molecule has 5 heteroatoms. The van der Waals surface area contributed by atoms with Crippen LogP contribution in [-0.4, -0.2) is 7.11 Å². The van der Waals surface area contributed by atoms with Gasteiger partial charge in [-0.25, -0.2) is 8.78 Å². The summed E-state index contributed by atoms with van der Waals surface area (Å²) >= 11 is 1.10. The first-order valence-corrected chi connectivity index (χ1v) is 5.97. The van der Waals surface area contributed by atoms with Gasteiger partial charge in [-0.3, -0.25) is 0 Å². The summed E-state index contributed by atoms with van der Waals surface area (Å²) in [6.07, 6.45) is 0. The summed E-state index contributed by atoms with van der Waals surface area (Å²) in [6.45, 7) is 0. The van der Waals surface area contributed by atoms with Gasteiger partial charge in [-0.15, -0.1) is 0 Å². The number of hydrogen-bond donors (Lipinski definition) is 1. The Kier molecular flexibility index (Phi) is 3.72. The fraction of sp³-hybridized carbons (Fsp3) is 0.0769. The molecule has 0 atom stereocenters. The maximum atomic E-state index is 13.5. The molecule has 0 unspecified atom stereocenters. The summed E-state index contributed by atoms with van der Waals surface area (Å²) in [6, 6.07) is 8.38. The maximum absolute atomic E-state index is 13.5. The fourth-order valence-corrected chi connectivity index (χ4v) is 2.41. The van der Waals surface area contributed by atoms with E-state index in [1.165, 1.54) is 7.11 Å². The van der Waals surface area contributed by atoms with Crippen molar-refractivity contribution < 1.29 is 13.5 Å². The van der Waals surface area contributed by atoms with Gasteiger partial charge in [0.05, 0.1) is 12.0 Å². The molecule has 0 aliphatic rings. The van der Waals surface area contributed by atoms with Crippen LogP contribution in [0.5, 0.6) is 5.75 Å². The molecular weight excluding hydrogens is 256 g/mol. The monoisotopic (exact) mass is 267 g/mol. The minimum absolute atomic E-state index is 0.211. The smallest absolute Gasteiger partial charge is 0.137 e. The Morgan fingerprint density at radius 3 is 2.61 bits per heavy atom. The zero-order valence-corrected chi connectivity index (χ0v) is 10.4. The molecule has 0 spiro atoms. The van der Waals surface area contributed by atoms with E-state index in [0.29, 0.717) is 16.3 Å². The van der Waals surface area contributed by atoms with Gasteiger partial charge in [-0.2, -0.15) is 0 Å². The number of rotatable bonds is 3. The molecule has 0 saturated heterocycles. The second-order valence-corrected chi connectivity index (χ2v) is 4.73. The zero-order chi connectivity index (χ0) is 13.1. The third-order valence-electron chi connectivity index (χ3n) is 2.26. The Labute approximate surface area is 108 Å². The molecular formula is C13H11F2NOS. The zero-order valence-electron chi connectivity index (χ0n) is 9.61. The largest absolute Gasteiger partial charge is 0.497 e. The minimum atomic E-state index is -0.477. The van der Waals surface area contributed by atoms with Crippen LogP contribution in [0.25, 0.3) is 0 Å². The van der Waals surface area contributed by atoms with Crippen molar-refractivity contribution in [3.8, 4) is 5.75 Å². The SMILES string of the molecule is COc1cc(N)cc(Sc2cc(F)ccc2F)c1. The van der Waals surface area contributed by atoms with Gasteiger partial charge in [0.1, 0.15) is 17.4 Å². The Hall–Kier alpha value is -1.75. The Bertz CT molecular complexity index is 575. The summed E-state index contributed by atoms with van der Waals surface area (Å²) in [5.41, 5.74) is 6.20. The van der Waals surface area contributed by atoms with Crippen molar-refractivity contribution in [1.29, 1.82) is 0 Å². The summed E-state index contributed by atoms with van der Waals surface area (Å²) in [7, 11) is 1.52. The molecule has 2 nitrogen and oxygen atoms in total. The fourth-order valence-electron chi connectivity index (χ4n) is 1.45. The summed E-state index contributed by atoms with van der Waals surface area (Å²) in [4.78, 5) is 0.902. The van der Waals surface area contributed by atoms with Crippen LogP contribution in [0.2, 0.25) is 0 Å². The van der Waals surface area contributed by atoms with Crippen LogP contribution >= 0.6 is 11.8 Å². The second kappa shape index (κ2) is 5.27. The van der Waals surface area contributed by atoms with Crippen molar-refractivity contribution in [1.82, 2.24) is 0 Å². The van der Waals surface area contributed by atoms with Gasteiger partial charge in [0, 0.05) is 16.6 Å². The quantitative estimate of drug-likeness (QED) is 0.861. The van der Waals surface area contributed by atoms with Gasteiger partial charge < -0.3 is 10.5 Å². The van der Waals surface area contributed by atoms with E-state index < -0.39 is 11.6 Å². The molecule has 2 aromatic carbocycles. The Morgan fingerprint density at radius 2 is 1.89 bits per heavy atom. The highest BCUT2D eigenvalue weighted by atomic mass is 32.2. The molecule has 0 amide bonds. The van der Waals surface area contributed by atoms with E-state index >= 15 is 0 Å². The molecule has 0 saturated carbocycles. The molecule has 0 aliphatic heterocycles. The van der Waals surface area contributed by atoms with E-state index in [2.05, 4.69) is 0 Å². The van der Waals surface area contributed by atoms with E-state index in [0.717, 1.165) is 30.0 Å². The number of methoxy groups -OCH3 is 1. The van der Waals surface area contributed by atoms with E-state index in [9.17, 15) is 8.78 Å². The van der Waals surface area contributed by atoms with Crippen LogP contribution in [0, 0.1) is 11.6 Å². The van der Waals surface area contributed by atoms with Gasteiger partial charge in [-0.1, -0.05) is 11.8 Å². The lowest BCUT2D eigenvalue weighted by molar-refractivity contribution is 0.414. The first-order chi connectivity index (χ1) is 8.58. The molecule has 0 aliphatic carbocycles. The molecule has 2 aromatic rings. The third-order valence-corrected chi connectivity index (χ3v) is 3.26. The normalized spacial score (nSPS) is 10.4. The van der Waals surface area contributed by atoms with Gasteiger partial charge in [-0.05, 0) is 30.3 Å². The van der Waals surface area contributed by atoms with Crippen LogP contribution in [-0.2, 0) is 0 Å². The van der Waals surface area contributed by atoms with E-state index in [1.54, 1.807) is 18.2 Å². The molecule has 0 aromatic heterocycles. The maximum Gasteiger partial charge on any atom is 0.137 e. The molecule has 2 rings (SSSR count). The van der Waals surface area contributed by atoms with Gasteiger partial charge in [0.15, 0.2) is 0 Å². The number of nitrogens with two attached hydrogens (primary N) is 1. The number of hydrogen-bond acceptors (Lipinski definition) is 3. The van der Waals surface area contributed by atoms with Crippen molar-refractivity contribution in [2.75, 3.05) is 12.8 Å². The van der Waals surface area contributed by atoms with E-state index in [-0.39, 0.29) is 4.90 Å². The molecule has 94 valence electrons. The van der Waals surface area contributed by atoms with Crippen molar-refractivity contribution in [3.05, 3.63) is 48.0 Å². The third kappa shape index (κ3) is 2.92. The highest BCUT2D eigenvalue weighted by Crippen LogP contribution is 2.33. The predicted octanol–water partition coefficient (Wildman–Crippen LogP) is 3.71. The van der Waals surface area contributed by atoms with Gasteiger partial charge in [0.2, 0.25) is 0 Å². The lowest BCUT2D eigenvalue weighted by Crippen LogP contribution is -1.90. The Balaban J connectivity index is 2.33. The Morgan fingerprint density at radius 1 is 1.11 bits per heavy atom. The van der Waals surface area contributed by atoms with Crippen LogP contribution in [0.4, 0.5) is 14.5 Å². The number of benzene rings is 2. The van der Waals surface area contributed by atoms with E-state index in [1.807, 2.05) is 0 Å². The van der Waals surface area contributed by atoms with Gasteiger partial charge in [0.25, 0.3) is 0 Å². The molecule has 0 bridgehead atoms. The number of nitrogen functional groups attached to an aromatic ring is 1. The summed E-state index contributed by atoms with van der Waals surface area (Å²) < 4.78 is 31.6. The van der Waals surface area contributed by atoms with Gasteiger partial charge >= 0.3 is 0 Å². The molecule has 18 heavy (non-hydrogen) atoms.